The first-order valence-corrected chi connectivity index (χ1v) is 11.7. The lowest BCUT2D eigenvalue weighted by atomic mass is 9.91. The zero-order valence-electron chi connectivity index (χ0n) is 19.0. The minimum Gasteiger partial charge on any atom is -0.379 e. The van der Waals surface area contributed by atoms with Crippen LogP contribution >= 0.6 is 0 Å². The molecule has 0 radical (unpaired) electrons. The van der Waals surface area contributed by atoms with Crippen molar-refractivity contribution < 1.29 is 19.2 Å². The number of hydrogen-bond acceptors (Lipinski definition) is 7. The van der Waals surface area contributed by atoms with Crippen LogP contribution in [0.25, 0.3) is 0 Å². The number of piperidine rings is 2. The number of aryl methyl sites for hydroxylation is 1. The summed E-state index contributed by atoms with van der Waals surface area (Å²) >= 11 is 0. The second-order valence-electron chi connectivity index (χ2n) is 9.11. The number of benzene rings is 1. The maximum Gasteiger partial charge on any atom is 0.262 e. The smallest absolute Gasteiger partial charge is 0.262 e. The molecule has 0 spiro atoms. The fraction of sp³-hybridized carbons (Fsp3) is 0.400. The summed E-state index contributed by atoms with van der Waals surface area (Å²) in [5, 5.41) is 9.02. The summed E-state index contributed by atoms with van der Waals surface area (Å²) in [6.07, 6.45) is 4.39. The van der Waals surface area contributed by atoms with Gasteiger partial charge in [0, 0.05) is 19.2 Å². The van der Waals surface area contributed by atoms with E-state index in [9.17, 15) is 19.2 Å². The van der Waals surface area contributed by atoms with E-state index in [0.29, 0.717) is 12.5 Å². The number of anilines is 1. The molecule has 4 amide bonds. The van der Waals surface area contributed by atoms with E-state index in [4.69, 9.17) is 0 Å². The Morgan fingerprint density at radius 3 is 2.56 bits per heavy atom. The van der Waals surface area contributed by atoms with Gasteiger partial charge in [-0.3, -0.25) is 34.4 Å². The number of pyridine rings is 1. The third-order valence-corrected chi connectivity index (χ3v) is 6.91. The summed E-state index contributed by atoms with van der Waals surface area (Å²) in [6, 6.07) is 6.34. The van der Waals surface area contributed by atoms with Gasteiger partial charge in [-0.1, -0.05) is 6.07 Å². The number of imide groups is 2. The number of hydrogen-bond donors (Lipinski definition) is 3. The third kappa shape index (κ3) is 4.07. The fourth-order valence-corrected chi connectivity index (χ4v) is 4.93. The second-order valence-corrected chi connectivity index (χ2v) is 9.11. The van der Waals surface area contributed by atoms with E-state index in [1.807, 2.05) is 19.2 Å². The predicted molar refractivity (Wildman–Crippen MR) is 124 cm³/mol. The molecule has 3 aliphatic rings. The zero-order chi connectivity index (χ0) is 23.8. The summed E-state index contributed by atoms with van der Waals surface area (Å²) in [6.45, 7) is 4.45. The molecule has 0 saturated carbocycles. The van der Waals surface area contributed by atoms with Crippen LogP contribution in [-0.4, -0.2) is 52.6 Å². The Bertz CT molecular complexity index is 1190. The van der Waals surface area contributed by atoms with Gasteiger partial charge in [0.15, 0.2) is 0 Å². The monoisotopic (exact) mass is 461 g/mol. The second kappa shape index (κ2) is 8.98. The van der Waals surface area contributed by atoms with Crippen LogP contribution < -0.4 is 16.0 Å². The number of carbonyl (C=O) groups is 4. The molecule has 3 aliphatic heterocycles. The number of fused-ring (bicyclic) bond motifs is 1. The van der Waals surface area contributed by atoms with E-state index >= 15 is 0 Å². The zero-order valence-corrected chi connectivity index (χ0v) is 19.0. The molecule has 1 aromatic heterocycles. The lowest BCUT2D eigenvalue weighted by molar-refractivity contribution is -0.136. The van der Waals surface area contributed by atoms with Crippen LogP contribution in [0.15, 0.2) is 30.5 Å². The average Bonchev–Trinajstić information content (AvgIpc) is 3.08. The number of amides is 4. The number of carbonyl (C=O) groups excluding carboxylic acids is 4. The molecule has 3 N–H and O–H groups in total. The van der Waals surface area contributed by atoms with E-state index in [1.165, 1.54) is 5.56 Å². The van der Waals surface area contributed by atoms with Crippen LogP contribution in [0.4, 0.5) is 5.69 Å². The molecule has 0 aliphatic carbocycles. The van der Waals surface area contributed by atoms with Crippen molar-refractivity contribution in [2.24, 2.45) is 0 Å². The lowest BCUT2D eigenvalue weighted by Crippen LogP contribution is -2.54. The molecule has 1 unspecified atom stereocenters. The molecule has 2 saturated heterocycles. The molecule has 4 heterocycles. The Morgan fingerprint density at radius 2 is 1.79 bits per heavy atom. The van der Waals surface area contributed by atoms with Crippen molar-refractivity contribution >= 4 is 29.3 Å². The van der Waals surface area contributed by atoms with Crippen molar-refractivity contribution in [3.63, 3.8) is 0 Å². The van der Waals surface area contributed by atoms with Crippen LogP contribution in [0, 0.1) is 6.92 Å². The van der Waals surface area contributed by atoms with Crippen LogP contribution in [0.2, 0.25) is 0 Å². The standard InChI is InChI=1S/C25H27N5O4/c1-14-20(11-17(13-27-14)16-6-8-26-9-7-16)28-12-15-2-3-18-19(10-15)25(34)30(24(18)33)21-4-5-22(31)29-23(21)32/h2-3,10-11,13,16,21,26,28H,4-9,12H2,1H3,(H,29,31,32). The molecule has 9 heteroatoms. The summed E-state index contributed by atoms with van der Waals surface area (Å²) in [7, 11) is 0. The molecular formula is C25H27N5O4. The number of nitrogens with one attached hydrogen (secondary N) is 3. The van der Waals surface area contributed by atoms with Crippen molar-refractivity contribution in [2.75, 3.05) is 18.4 Å². The highest BCUT2D eigenvalue weighted by Crippen LogP contribution is 2.30. The van der Waals surface area contributed by atoms with Crippen molar-refractivity contribution in [3.8, 4) is 0 Å². The van der Waals surface area contributed by atoms with Gasteiger partial charge in [0.2, 0.25) is 11.8 Å². The third-order valence-electron chi connectivity index (χ3n) is 6.91. The molecule has 2 aromatic rings. The van der Waals surface area contributed by atoms with Gasteiger partial charge in [-0.2, -0.15) is 0 Å². The van der Waals surface area contributed by atoms with Crippen LogP contribution in [0.3, 0.4) is 0 Å². The Morgan fingerprint density at radius 1 is 1.03 bits per heavy atom. The first-order chi connectivity index (χ1) is 16.4. The van der Waals surface area contributed by atoms with Crippen molar-refractivity contribution in [2.45, 2.75) is 51.1 Å². The van der Waals surface area contributed by atoms with Gasteiger partial charge in [-0.15, -0.1) is 0 Å². The quantitative estimate of drug-likeness (QED) is 0.582. The number of nitrogens with zero attached hydrogens (tertiary/aromatic N) is 2. The van der Waals surface area contributed by atoms with Gasteiger partial charge in [-0.05, 0) is 74.5 Å². The van der Waals surface area contributed by atoms with Gasteiger partial charge in [-0.25, -0.2) is 0 Å². The molecule has 2 fully saturated rings. The average molecular weight is 462 g/mol. The number of rotatable bonds is 5. The van der Waals surface area contributed by atoms with Crippen LogP contribution in [0.5, 0.6) is 0 Å². The molecule has 1 aromatic carbocycles. The first-order valence-electron chi connectivity index (χ1n) is 11.7. The largest absolute Gasteiger partial charge is 0.379 e. The molecule has 0 bridgehead atoms. The lowest BCUT2D eigenvalue weighted by Gasteiger charge is -2.27. The predicted octanol–water partition coefficient (Wildman–Crippen LogP) is 1.87. The first kappa shape index (κ1) is 22.2. The molecular weight excluding hydrogens is 434 g/mol. The topological polar surface area (TPSA) is 120 Å². The van der Waals surface area contributed by atoms with Crippen molar-refractivity contribution in [3.05, 3.63) is 58.4 Å². The normalized spacial score (nSPS) is 21.0. The molecule has 34 heavy (non-hydrogen) atoms. The van der Waals surface area contributed by atoms with Gasteiger partial charge < -0.3 is 10.6 Å². The summed E-state index contributed by atoms with van der Waals surface area (Å²) in [4.78, 5) is 55.1. The SMILES string of the molecule is Cc1ncc(C2CCNCC2)cc1NCc1ccc2c(c1)C(=O)N(C1CCC(=O)NC1=O)C2=O. The highest BCUT2D eigenvalue weighted by Gasteiger charge is 2.44. The molecule has 176 valence electrons. The Labute approximate surface area is 197 Å². The van der Waals surface area contributed by atoms with E-state index < -0.39 is 23.8 Å². The highest BCUT2D eigenvalue weighted by atomic mass is 16.2. The van der Waals surface area contributed by atoms with E-state index in [2.05, 4.69) is 27.0 Å². The van der Waals surface area contributed by atoms with Gasteiger partial charge in [0.1, 0.15) is 6.04 Å². The molecule has 5 rings (SSSR count). The minimum atomic E-state index is -0.960. The van der Waals surface area contributed by atoms with Crippen molar-refractivity contribution in [1.29, 1.82) is 0 Å². The van der Waals surface area contributed by atoms with Gasteiger partial charge in [0.25, 0.3) is 11.8 Å². The molecule has 1 atom stereocenters. The van der Waals surface area contributed by atoms with Crippen LogP contribution in [-0.2, 0) is 16.1 Å². The Balaban J connectivity index is 1.31. The number of aromatic nitrogens is 1. The summed E-state index contributed by atoms with van der Waals surface area (Å²) in [5.74, 6) is -1.49. The van der Waals surface area contributed by atoms with E-state index in [-0.39, 0.29) is 29.9 Å². The van der Waals surface area contributed by atoms with Crippen LogP contribution in [0.1, 0.15) is 69.1 Å². The highest BCUT2D eigenvalue weighted by molar-refractivity contribution is 6.23. The van der Waals surface area contributed by atoms with E-state index in [1.54, 1.807) is 12.1 Å². The maximum absolute atomic E-state index is 13.0. The molecule has 9 nitrogen and oxygen atoms in total. The van der Waals surface area contributed by atoms with Gasteiger partial charge in [0.05, 0.1) is 22.5 Å². The van der Waals surface area contributed by atoms with E-state index in [0.717, 1.165) is 47.8 Å². The summed E-state index contributed by atoms with van der Waals surface area (Å²) in [5.41, 5.74) is 4.48. The Hall–Kier alpha value is -3.59. The maximum atomic E-state index is 13.0. The summed E-state index contributed by atoms with van der Waals surface area (Å²) < 4.78 is 0. The fourth-order valence-electron chi connectivity index (χ4n) is 4.93. The van der Waals surface area contributed by atoms with Gasteiger partial charge >= 0.3 is 0 Å². The minimum absolute atomic E-state index is 0.100. The van der Waals surface area contributed by atoms with Crippen molar-refractivity contribution in [1.82, 2.24) is 20.5 Å². The Kier molecular flexibility index (Phi) is 5.87.